The molecule has 7 heteroatoms. The van der Waals surface area contributed by atoms with Crippen LogP contribution in [0.4, 0.5) is 5.82 Å². The highest BCUT2D eigenvalue weighted by atomic mass is 16.3. The van der Waals surface area contributed by atoms with Crippen LogP contribution in [0.2, 0.25) is 0 Å². The quantitative estimate of drug-likeness (QED) is 0.684. The van der Waals surface area contributed by atoms with Crippen LogP contribution in [0.5, 0.6) is 0 Å². The Kier molecular flexibility index (Phi) is 6.80. The maximum atomic E-state index is 8.36. The third kappa shape index (κ3) is 4.87. The molecule has 3 aliphatic rings. The number of aromatic nitrogens is 3. The second kappa shape index (κ2) is 9.73. The summed E-state index contributed by atoms with van der Waals surface area (Å²) < 4.78 is 0. The molecule has 166 valence electrons. The van der Waals surface area contributed by atoms with Crippen molar-refractivity contribution in [3.05, 3.63) is 35.8 Å². The van der Waals surface area contributed by atoms with E-state index in [2.05, 4.69) is 28.2 Å². The molecule has 2 aromatic heterocycles. The monoisotopic (exact) mass is 423 g/mol. The van der Waals surface area contributed by atoms with Gasteiger partial charge in [0.15, 0.2) is 5.82 Å². The van der Waals surface area contributed by atoms with E-state index in [1.165, 1.54) is 62.9 Å². The van der Waals surface area contributed by atoms with Crippen LogP contribution in [0.1, 0.15) is 56.7 Å². The van der Waals surface area contributed by atoms with Gasteiger partial charge in [-0.05, 0) is 76.1 Å². The van der Waals surface area contributed by atoms with E-state index >= 15 is 0 Å². The molecule has 3 heterocycles. The smallest absolute Gasteiger partial charge is 0.290 e. The van der Waals surface area contributed by atoms with E-state index in [1.54, 1.807) is 0 Å². The van der Waals surface area contributed by atoms with Crippen molar-refractivity contribution in [3.8, 4) is 11.4 Å². The number of nitrogens with zero attached hydrogens (tertiary/aromatic N) is 4. The Balaban J connectivity index is 0.000000730. The van der Waals surface area contributed by atoms with E-state index in [-0.39, 0.29) is 11.9 Å². The van der Waals surface area contributed by atoms with Crippen molar-refractivity contribution in [1.29, 1.82) is 0 Å². The van der Waals surface area contributed by atoms with Gasteiger partial charge in [-0.3, -0.25) is 9.78 Å². The summed E-state index contributed by atoms with van der Waals surface area (Å²) in [4.78, 5) is 25.5. The van der Waals surface area contributed by atoms with Crippen LogP contribution in [0, 0.1) is 5.92 Å². The molecule has 2 N–H and O–H groups in total. The maximum absolute atomic E-state index is 8.36. The minimum Gasteiger partial charge on any atom is -0.483 e. The van der Waals surface area contributed by atoms with E-state index in [0.29, 0.717) is 0 Å². The van der Waals surface area contributed by atoms with Gasteiger partial charge in [-0.1, -0.05) is 6.92 Å². The lowest BCUT2D eigenvalue weighted by atomic mass is 9.77. The van der Waals surface area contributed by atoms with E-state index < -0.39 is 0 Å². The third-order valence-corrected chi connectivity index (χ3v) is 6.73. The number of carbonyl (C=O) groups is 1. The Bertz CT molecular complexity index is 885. The van der Waals surface area contributed by atoms with Gasteiger partial charge >= 0.3 is 0 Å². The molecule has 0 amide bonds. The van der Waals surface area contributed by atoms with Gasteiger partial charge in [0, 0.05) is 42.0 Å². The van der Waals surface area contributed by atoms with Gasteiger partial charge in [-0.25, -0.2) is 9.97 Å². The largest absolute Gasteiger partial charge is 0.483 e. The molecule has 1 spiro atoms. The van der Waals surface area contributed by atoms with Crippen LogP contribution in [-0.4, -0.2) is 57.6 Å². The highest BCUT2D eigenvalue weighted by Crippen LogP contribution is 2.46. The number of likely N-dealkylation sites (tertiary alicyclic amines) is 1. The molecule has 0 bridgehead atoms. The summed E-state index contributed by atoms with van der Waals surface area (Å²) in [6.45, 7) is 6.67. The minimum atomic E-state index is -0.250. The first-order chi connectivity index (χ1) is 15.2. The Hall–Kier alpha value is -2.54. The van der Waals surface area contributed by atoms with Crippen LogP contribution in [0.25, 0.3) is 11.4 Å². The highest BCUT2D eigenvalue weighted by molar-refractivity contribution is 5.61. The highest BCUT2D eigenvalue weighted by Gasteiger charge is 2.44. The third-order valence-electron chi connectivity index (χ3n) is 6.73. The van der Waals surface area contributed by atoms with Crippen molar-refractivity contribution < 1.29 is 9.90 Å². The van der Waals surface area contributed by atoms with Crippen LogP contribution < -0.4 is 5.32 Å². The summed E-state index contributed by atoms with van der Waals surface area (Å²) in [5, 5.41) is 10.6. The number of rotatable bonds is 6. The van der Waals surface area contributed by atoms with Crippen LogP contribution >= 0.6 is 0 Å². The van der Waals surface area contributed by atoms with E-state index in [0.717, 1.165) is 42.6 Å². The van der Waals surface area contributed by atoms with E-state index in [4.69, 9.17) is 19.9 Å². The average molecular weight is 424 g/mol. The number of fused-ring (bicyclic) bond motifs is 2. The van der Waals surface area contributed by atoms with Gasteiger partial charge in [0.25, 0.3) is 6.47 Å². The molecule has 0 radical (unpaired) electrons. The molecule has 1 unspecified atom stereocenters. The Morgan fingerprint density at radius 1 is 1.32 bits per heavy atom. The second-order valence-electron chi connectivity index (χ2n) is 9.05. The van der Waals surface area contributed by atoms with Gasteiger partial charge in [-0.15, -0.1) is 0 Å². The van der Waals surface area contributed by atoms with Crippen LogP contribution in [0.15, 0.2) is 24.5 Å². The van der Waals surface area contributed by atoms with E-state index in [9.17, 15) is 0 Å². The zero-order chi connectivity index (χ0) is 21.7. The van der Waals surface area contributed by atoms with Crippen molar-refractivity contribution >= 4 is 12.3 Å². The van der Waals surface area contributed by atoms with Crippen molar-refractivity contribution in [2.24, 2.45) is 5.92 Å². The maximum Gasteiger partial charge on any atom is 0.290 e. The number of nitrogens with one attached hydrogen (secondary N) is 1. The fourth-order valence-corrected chi connectivity index (χ4v) is 5.11. The number of pyridine rings is 1. The average Bonchev–Trinajstić information content (AvgIpc) is 3.56. The molecule has 31 heavy (non-hydrogen) atoms. The van der Waals surface area contributed by atoms with Crippen molar-refractivity contribution in [1.82, 2.24) is 19.9 Å². The predicted octanol–water partition coefficient (Wildman–Crippen LogP) is 3.75. The molecule has 1 atom stereocenters. The standard InChI is InChI=1S/C23H31N5.CH2O2/c1-2-12-28-13-4-9-23(16-28)10-8-19-20(23)26-21(18-5-3-11-24-15-18)27-22(19)25-14-17-6-7-17;2-1-3/h3,5,11,15,17H,2,4,6-10,12-14,16H2,1H3,(H,25,26,27);1H,(H,2,3). The van der Waals surface area contributed by atoms with Crippen LogP contribution in [0.3, 0.4) is 0 Å². The van der Waals surface area contributed by atoms with Crippen molar-refractivity contribution in [3.63, 3.8) is 0 Å². The normalized spacial score (nSPS) is 22.5. The van der Waals surface area contributed by atoms with Crippen molar-refractivity contribution in [2.45, 2.75) is 57.3 Å². The lowest BCUT2D eigenvalue weighted by Gasteiger charge is -2.40. The topological polar surface area (TPSA) is 91.2 Å². The lowest BCUT2D eigenvalue weighted by Crippen LogP contribution is -2.45. The lowest BCUT2D eigenvalue weighted by molar-refractivity contribution is -0.122. The summed E-state index contributed by atoms with van der Waals surface area (Å²) in [7, 11) is 0. The Morgan fingerprint density at radius 2 is 2.16 bits per heavy atom. The summed E-state index contributed by atoms with van der Waals surface area (Å²) in [6.07, 6.45) is 12.5. The molecular formula is C24H33N5O2. The molecule has 1 saturated heterocycles. The van der Waals surface area contributed by atoms with Crippen LogP contribution in [-0.2, 0) is 16.6 Å². The number of carboxylic acid groups (broad SMARTS) is 1. The first-order valence-corrected chi connectivity index (χ1v) is 11.5. The molecule has 2 fully saturated rings. The van der Waals surface area contributed by atoms with Gasteiger partial charge in [0.05, 0.1) is 5.69 Å². The van der Waals surface area contributed by atoms with Crippen molar-refractivity contribution in [2.75, 3.05) is 31.5 Å². The van der Waals surface area contributed by atoms with Gasteiger partial charge in [0.1, 0.15) is 5.82 Å². The number of anilines is 1. The fourth-order valence-electron chi connectivity index (χ4n) is 5.11. The molecule has 5 rings (SSSR count). The molecule has 0 aromatic carbocycles. The Morgan fingerprint density at radius 3 is 2.87 bits per heavy atom. The summed E-state index contributed by atoms with van der Waals surface area (Å²) in [6, 6.07) is 4.05. The number of piperidine rings is 1. The molecule has 2 aromatic rings. The molecule has 2 aliphatic carbocycles. The predicted molar refractivity (Wildman–Crippen MR) is 121 cm³/mol. The Labute approximate surface area is 184 Å². The molecular weight excluding hydrogens is 390 g/mol. The second-order valence-corrected chi connectivity index (χ2v) is 9.05. The zero-order valence-corrected chi connectivity index (χ0v) is 18.4. The van der Waals surface area contributed by atoms with Gasteiger partial charge in [-0.2, -0.15) is 0 Å². The number of hydrogen-bond donors (Lipinski definition) is 2. The minimum absolute atomic E-state index is 0.207. The molecule has 1 saturated carbocycles. The molecule has 7 nitrogen and oxygen atoms in total. The summed E-state index contributed by atoms with van der Waals surface area (Å²) >= 11 is 0. The SMILES string of the molecule is CCCN1CCCC2(CCc3c(NCC4CC4)nc(-c4cccnc4)nc32)C1.O=CO. The fraction of sp³-hybridized carbons (Fsp3) is 0.583. The first kappa shape index (κ1) is 21.7. The van der Waals surface area contributed by atoms with Gasteiger partial charge < -0.3 is 15.3 Å². The van der Waals surface area contributed by atoms with Gasteiger partial charge in [0.2, 0.25) is 0 Å². The first-order valence-electron chi connectivity index (χ1n) is 11.5. The summed E-state index contributed by atoms with van der Waals surface area (Å²) in [5.74, 6) is 2.75. The van der Waals surface area contributed by atoms with E-state index in [1.807, 2.05) is 18.5 Å². The number of hydrogen-bond acceptors (Lipinski definition) is 6. The molecule has 1 aliphatic heterocycles. The summed E-state index contributed by atoms with van der Waals surface area (Å²) in [5.41, 5.74) is 3.92. The zero-order valence-electron chi connectivity index (χ0n) is 18.4.